The Bertz CT molecular complexity index is 1560. The van der Waals surface area contributed by atoms with Gasteiger partial charge in [0.1, 0.15) is 11.4 Å². The van der Waals surface area contributed by atoms with Gasteiger partial charge >= 0.3 is 0 Å². The molecule has 0 saturated carbocycles. The van der Waals surface area contributed by atoms with E-state index in [-0.39, 0.29) is 4.90 Å². The summed E-state index contributed by atoms with van der Waals surface area (Å²) in [7, 11) is -3.68. The molecule has 6 nitrogen and oxygen atoms in total. The summed E-state index contributed by atoms with van der Waals surface area (Å²) < 4.78 is 35.3. The fraction of sp³-hybridized carbons (Fsp3) is 0.148. The summed E-state index contributed by atoms with van der Waals surface area (Å²) in [5, 5.41) is 4.82. The Hall–Kier alpha value is -3.84. The third kappa shape index (κ3) is 3.68. The molecule has 0 atom stereocenters. The van der Waals surface area contributed by atoms with Crippen molar-refractivity contribution in [2.75, 3.05) is 6.61 Å². The van der Waals surface area contributed by atoms with Crippen molar-refractivity contribution in [1.82, 2.24) is 13.6 Å². The number of hydrogen-bond donors (Lipinski definition) is 0. The Morgan fingerprint density at radius 2 is 1.47 bits per heavy atom. The van der Waals surface area contributed by atoms with Crippen molar-refractivity contribution in [3.63, 3.8) is 0 Å². The quantitative estimate of drug-likeness (QED) is 0.318. The van der Waals surface area contributed by atoms with Gasteiger partial charge in [0.15, 0.2) is 0 Å². The highest BCUT2D eigenvalue weighted by Crippen LogP contribution is 2.36. The second kappa shape index (κ2) is 8.50. The first-order valence-corrected chi connectivity index (χ1v) is 12.6. The van der Waals surface area contributed by atoms with Crippen LogP contribution < -0.4 is 4.74 Å². The Morgan fingerprint density at radius 3 is 2.12 bits per heavy atom. The number of aromatic nitrogens is 3. The number of rotatable bonds is 6. The van der Waals surface area contributed by atoms with Crippen molar-refractivity contribution in [2.45, 2.75) is 25.7 Å². The zero-order chi connectivity index (χ0) is 23.9. The van der Waals surface area contributed by atoms with Crippen LogP contribution in [0.4, 0.5) is 0 Å². The highest BCUT2D eigenvalue weighted by atomic mass is 32.2. The predicted octanol–water partition coefficient (Wildman–Crippen LogP) is 5.72. The van der Waals surface area contributed by atoms with E-state index >= 15 is 0 Å². The molecule has 0 aliphatic carbocycles. The number of nitrogens with zero attached hydrogens (tertiary/aromatic N) is 3. The van der Waals surface area contributed by atoms with Crippen LogP contribution in [-0.4, -0.2) is 28.6 Å². The first kappa shape index (κ1) is 22.0. The van der Waals surface area contributed by atoms with Crippen molar-refractivity contribution >= 4 is 15.5 Å². The highest BCUT2D eigenvalue weighted by Gasteiger charge is 2.22. The van der Waals surface area contributed by atoms with Crippen LogP contribution in [0.5, 0.6) is 5.75 Å². The van der Waals surface area contributed by atoms with Gasteiger partial charge in [0.25, 0.3) is 10.0 Å². The van der Waals surface area contributed by atoms with Crippen molar-refractivity contribution in [1.29, 1.82) is 0 Å². The molecule has 2 aromatic carbocycles. The summed E-state index contributed by atoms with van der Waals surface area (Å²) in [5.74, 6) is 0.807. The normalized spacial score (nSPS) is 11.7. The minimum absolute atomic E-state index is 0.248. The van der Waals surface area contributed by atoms with Gasteiger partial charge in [-0.05, 0) is 87.0 Å². The Balaban J connectivity index is 1.61. The van der Waals surface area contributed by atoms with Crippen LogP contribution in [0.1, 0.15) is 18.3 Å². The molecule has 0 spiro atoms. The van der Waals surface area contributed by atoms with E-state index < -0.39 is 10.0 Å². The van der Waals surface area contributed by atoms with Crippen LogP contribution in [0.2, 0.25) is 0 Å². The van der Waals surface area contributed by atoms with Gasteiger partial charge in [-0.3, -0.25) is 0 Å². The summed E-state index contributed by atoms with van der Waals surface area (Å²) >= 11 is 0. The van der Waals surface area contributed by atoms with E-state index in [4.69, 9.17) is 9.84 Å². The van der Waals surface area contributed by atoms with E-state index in [1.165, 1.54) is 3.97 Å². The van der Waals surface area contributed by atoms with E-state index in [0.29, 0.717) is 18.0 Å². The third-order valence-corrected chi connectivity index (χ3v) is 7.79. The molecule has 34 heavy (non-hydrogen) atoms. The molecule has 0 saturated heterocycles. The summed E-state index contributed by atoms with van der Waals surface area (Å²) in [6, 6.07) is 24.4. The summed E-state index contributed by atoms with van der Waals surface area (Å²) in [6.07, 6.45) is 1.91. The molecule has 0 aliphatic heterocycles. The molecular weight excluding hydrogens is 446 g/mol. The SMILES string of the molecule is CCOc1ccc(-c2nn3ccccc3c2-c2ccc(S(=O)(=O)n3c(C)ccc3C)cc2)cc1. The zero-order valence-electron chi connectivity index (χ0n) is 19.3. The average Bonchev–Trinajstić information content (AvgIpc) is 3.40. The lowest BCUT2D eigenvalue weighted by atomic mass is 10.00. The molecule has 3 aromatic heterocycles. The summed E-state index contributed by atoms with van der Waals surface area (Å²) in [6.45, 7) is 6.15. The van der Waals surface area contributed by atoms with Gasteiger partial charge in [0, 0.05) is 28.7 Å². The maximum Gasteiger partial charge on any atom is 0.268 e. The first-order valence-electron chi connectivity index (χ1n) is 11.1. The second-order valence-electron chi connectivity index (χ2n) is 8.12. The van der Waals surface area contributed by atoms with Crippen LogP contribution in [0.25, 0.3) is 27.9 Å². The fourth-order valence-electron chi connectivity index (χ4n) is 4.29. The van der Waals surface area contributed by atoms with Crippen LogP contribution >= 0.6 is 0 Å². The maximum atomic E-state index is 13.3. The number of fused-ring (bicyclic) bond motifs is 1. The van der Waals surface area contributed by atoms with Gasteiger partial charge < -0.3 is 4.74 Å². The maximum absolute atomic E-state index is 13.3. The van der Waals surface area contributed by atoms with Crippen LogP contribution in [0.3, 0.4) is 0 Å². The standard InChI is InChI=1S/C27H25N3O3S/c1-4-33-23-14-10-22(11-15-23)27-26(25-7-5-6-18-29(25)28-27)21-12-16-24(17-13-21)34(31,32)30-19(2)8-9-20(30)3/h5-18H,4H2,1-3H3. The molecular formula is C27H25N3O3S. The van der Waals surface area contributed by atoms with Crippen LogP contribution in [0, 0.1) is 13.8 Å². The molecule has 3 heterocycles. The lowest BCUT2D eigenvalue weighted by Crippen LogP contribution is -2.15. The minimum Gasteiger partial charge on any atom is -0.494 e. The molecule has 5 rings (SSSR count). The van der Waals surface area contributed by atoms with Gasteiger partial charge in [0.2, 0.25) is 0 Å². The first-order chi connectivity index (χ1) is 16.4. The number of ether oxygens (including phenoxy) is 1. The number of hydrogen-bond acceptors (Lipinski definition) is 4. The fourth-order valence-corrected chi connectivity index (χ4v) is 5.86. The Labute approximate surface area is 199 Å². The van der Waals surface area contributed by atoms with E-state index in [1.54, 1.807) is 26.0 Å². The second-order valence-corrected chi connectivity index (χ2v) is 9.91. The molecule has 0 unspecified atom stereocenters. The van der Waals surface area contributed by atoms with Gasteiger partial charge in [0.05, 0.1) is 17.0 Å². The monoisotopic (exact) mass is 471 g/mol. The molecule has 172 valence electrons. The number of aryl methyl sites for hydroxylation is 2. The predicted molar refractivity (Wildman–Crippen MR) is 134 cm³/mol. The van der Waals surface area contributed by atoms with Gasteiger partial charge in [-0.1, -0.05) is 18.2 Å². The molecule has 0 amide bonds. The van der Waals surface area contributed by atoms with E-state index in [9.17, 15) is 8.42 Å². The van der Waals surface area contributed by atoms with Crippen molar-refractivity contribution in [2.24, 2.45) is 0 Å². The lowest BCUT2D eigenvalue weighted by Gasteiger charge is -2.12. The van der Waals surface area contributed by atoms with Crippen molar-refractivity contribution < 1.29 is 13.2 Å². The molecule has 0 radical (unpaired) electrons. The zero-order valence-corrected chi connectivity index (χ0v) is 20.1. The largest absolute Gasteiger partial charge is 0.494 e. The molecule has 0 bridgehead atoms. The smallest absolute Gasteiger partial charge is 0.268 e. The molecule has 0 N–H and O–H groups in total. The van der Waals surface area contributed by atoms with E-state index in [1.807, 2.05) is 84.4 Å². The van der Waals surface area contributed by atoms with Gasteiger partial charge in [-0.25, -0.2) is 16.9 Å². The summed E-state index contributed by atoms with van der Waals surface area (Å²) in [5.41, 5.74) is 5.93. The highest BCUT2D eigenvalue weighted by molar-refractivity contribution is 7.90. The van der Waals surface area contributed by atoms with E-state index in [0.717, 1.165) is 33.7 Å². The third-order valence-electron chi connectivity index (χ3n) is 5.87. The van der Waals surface area contributed by atoms with Crippen LogP contribution in [-0.2, 0) is 10.0 Å². The number of benzene rings is 2. The molecule has 7 heteroatoms. The van der Waals surface area contributed by atoms with Crippen LogP contribution in [0.15, 0.2) is 90.0 Å². The molecule has 0 aliphatic rings. The molecule has 5 aromatic rings. The minimum atomic E-state index is -3.68. The summed E-state index contributed by atoms with van der Waals surface area (Å²) in [4.78, 5) is 0.248. The Kier molecular flexibility index (Phi) is 5.49. The van der Waals surface area contributed by atoms with Crippen molar-refractivity contribution in [3.8, 4) is 28.1 Å². The van der Waals surface area contributed by atoms with Gasteiger partial charge in [-0.15, -0.1) is 0 Å². The number of pyridine rings is 1. The lowest BCUT2D eigenvalue weighted by molar-refractivity contribution is 0.340. The topological polar surface area (TPSA) is 65.6 Å². The molecule has 0 fully saturated rings. The Morgan fingerprint density at radius 1 is 0.824 bits per heavy atom. The average molecular weight is 472 g/mol. The van der Waals surface area contributed by atoms with Gasteiger partial charge in [-0.2, -0.15) is 5.10 Å². The van der Waals surface area contributed by atoms with E-state index in [2.05, 4.69) is 0 Å². The van der Waals surface area contributed by atoms with Crippen molar-refractivity contribution in [3.05, 3.63) is 96.4 Å².